The zero-order valence-corrected chi connectivity index (χ0v) is 70.7. The maximum Gasteiger partial charge on any atom is 0.167 e. The van der Waals surface area contributed by atoms with Crippen molar-refractivity contribution in [2.24, 2.45) is 0 Å². The molecular formula is C116H74N10OS3. The van der Waals surface area contributed by atoms with Crippen LogP contribution in [-0.2, 0) is 0 Å². The smallest absolute Gasteiger partial charge is 0.167 e. The van der Waals surface area contributed by atoms with E-state index in [1.807, 2.05) is 137 Å². The average molecular weight is 1720 g/mol. The van der Waals surface area contributed by atoms with Crippen molar-refractivity contribution in [3.05, 3.63) is 400 Å². The number of hydrogen-bond donors (Lipinski definition) is 0. The fraction of sp³-hybridized carbons (Fsp3) is 0.0172. The quantitative estimate of drug-likeness (QED) is 0.134. The molecule has 0 saturated carbocycles. The van der Waals surface area contributed by atoms with Crippen LogP contribution in [0.3, 0.4) is 0 Å². The highest BCUT2D eigenvalue weighted by Crippen LogP contribution is 2.50. The Bertz CT molecular complexity index is 8830. The summed E-state index contributed by atoms with van der Waals surface area (Å²) >= 11 is 5.58. The van der Waals surface area contributed by atoms with Crippen LogP contribution < -0.4 is 0 Å². The van der Waals surface area contributed by atoms with Crippen molar-refractivity contribution >= 4 is 204 Å². The van der Waals surface area contributed by atoms with Crippen LogP contribution in [0.25, 0.3) is 261 Å². The molecule has 28 rings (SSSR count). The van der Waals surface area contributed by atoms with E-state index in [0.29, 0.717) is 34.9 Å². The third kappa shape index (κ3) is 11.7. The number of aromatic nitrogens is 10. The minimum atomic E-state index is 0. The molecule has 28 aromatic rings. The highest BCUT2D eigenvalue weighted by Gasteiger charge is 2.28. The van der Waals surface area contributed by atoms with Crippen LogP contribution in [0.15, 0.2) is 405 Å². The predicted octanol–water partition coefficient (Wildman–Crippen LogP) is 32.4. The van der Waals surface area contributed by atoms with Gasteiger partial charge in [-0.15, -0.1) is 34.0 Å². The summed E-state index contributed by atoms with van der Waals surface area (Å²) in [5.74, 6) is 3.74. The molecule has 0 spiro atoms. The molecule has 0 saturated heterocycles. The van der Waals surface area contributed by atoms with Crippen LogP contribution in [0.4, 0.5) is 0 Å². The molecule has 10 aromatic heterocycles. The Morgan fingerprint density at radius 2 is 0.508 bits per heavy atom. The van der Waals surface area contributed by atoms with Crippen LogP contribution in [0, 0.1) is 0 Å². The number of hydrogen-bond acceptors (Lipinski definition) is 10. The van der Waals surface area contributed by atoms with Crippen LogP contribution in [-0.4, -0.2) is 48.2 Å². The van der Waals surface area contributed by atoms with E-state index in [0.717, 1.165) is 93.8 Å². The Balaban J connectivity index is 0.000000138. The molecule has 0 aliphatic rings. The third-order valence-electron chi connectivity index (χ3n) is 25.6. The van der Waals surface area contributed by atoms with Crippen molar-refractivity contribution in [3.63, 3.8) is 0 Å². The summed E-state index contributed by atoms with van der Waals surface area (Å²) in [4.78, 5) is 30.4. The lowest BCUT2D eigenvalue weighted by Crippen LogP contribution is -2.00. The Labute approximate surface area is 756 Å². The van der Waals surface area contributed by atoms with E-state index in [1.54, 1.807) is 0 Å². The van der Waals surface area contributed by atoms with Crippen molar-refractivity contribution < 1.29 is 4.42 Å². The number of thiophene rings is 3. The van der Waals surface area contributed by atoms with E-state index in [9.17, 15) is 0 Å². The van der Waals surface area contributed by atoms with Gasteiger partial charge < -0.3 is 22.7 Å². The molecule has 130 heavy (non-hydrogen) atoms. The highest BCUT2D eigenvalue weighted by atomic mass is 32.1. The van der Waals surface area contributed by atoms with E-state index in [4.69, 9.17) is 34.3 Å². The van der Waals surface area contributed by atoms with Crippen LogP contribution in [0.1, 0.15) is 14.9 Å². The summed E-state index contributed by atoms with van der Waals surface area (Å²) < 4.78 is 24.5. The molecule has 0 fully saturated rings. The number of fused-ring (bicyclic) bond motifs is 26. The fourth-order valence-electron chi connectivity index (χ4n) is 19.9. The van der Waals surface area contributed by atoms with Gasteiger partial charge in [-0.1, -0.05) is 318 Å². The molecule has 0 atom stereocenters. The Hall–Kier alpha value is -16.4. The van der Waals surface area contributed by atoms with E-state index < -0.39 is 0 Å². The van der Waals surface area contributed by atoms with Crippen molar-refractivity contribution in [1.29, 1.82) is 0 Å². The lowest BCUT2D eigenvalue weighted by atomic mass is 10.1. The molecule has 0 radical (unpaired) electrons. The Morgan fingerprint density at radius 3 is 0.969 bits per heavy atom. The van der Waals surface area contributed by atoms with E-state index in [2.05, 4.69) is 316 Å². The largest absolute Gasteiger partial charge is 0.453 e. The fourth-order valence-corrected chi connectivity index (χ4v) is 23.7. The molecule has 10 heterocycles. The standard InChI is InChI=1S/C57H33N5OS.C57H33N5S2.2CH4/c1-3-15-34(16-4-1)55-58-56(35-17-5-2-6-18-35)60-57(59-55)44-24-13-22-41-42-23-14-27-49(53(42)63-52(41)44)62-47-26-11-8-20-38(47)45-33-36(29-32-48(45)62)61-46-25-10-7-19-37(46)40-30-31-43-39-21-9-12-28-50(39)64-54(43)51(40)61;1-3-15-34(16-4-1)55-58-56(35-17-5-2-6-18-35)60-57(59-55)44-24-13-22-41-42-23-14-27-49(53(42)64-52(41)44)62-47-26-11-8-20-38(47)45-33-36(29-32-48(45)62)61-46-25-10-7-19-37(46)40-30-31-43-39-21-9-12-28-50(39)63-54(43)51(40)61;;/h2*1-33H;2*1H4. The zero-order chi connectivity index (χ0) is 83.8. The summed E-state index contributed by atoms with van der Waals surface area (Å²) in [6.45, 7) is 0. The maximum absolute atomic E-state index is 7.10. The summed E-state index contributed by atoms with van der Waals surface area (Å²) in [5.41, 5.74) is 20.9. The normalized spacial score (nSPS) is 11.9. The summed E-state index contributed by atoms with van der Waals surface area (Å²) in [5, 5.41) is 19.5. The van der Waals surface area contributed by atoms with Crippen molar-refractivity contribution in [2.75, 3.05) is 0 Å². The van der Waals surface area contributed by atoms with Gasteiger partial charge >= 0.3 is 0 Å². The second-order valence-corrected chi connectivity index (χ2v) is 35.8. The van der Waals surface area contributed by atoms with Crippen LogP contribution in [0.2, 0.25) is 0 Å². The molecule has 0 unspecified atom stereocenters. The maximum atomic E-state index is 7.10. The number of nitrogens with zero attached hydrogens (tertiary/aromatic N) is 10. The van der Waals surface area contributed by atoms with Crippen molar-refractivity contribution in [2.45, 2.75) is 14.9 Å². The summed E-state index contributed by atoms with van der Waals surface area (Å²) in [6.07, 6.45) is 0. The summed E-state index contributed by atoms with van der Waals surface area (Å²) in [7, 11) is 0. The first-order valence-corrected chi connectivity index (χ1v) is 45.3. The molecule has 0 amide bonds. The molecule has 0 aliphatic carbocycles. The minimum Gasteiger partial charge on any atom is -0.453 e. The van der Waals surface area contributed by atoms with Gasteiger partial charge in [0.15, 0.2) is 40.5 Å². The molecule has 0 N–H and O–H groups in total. The topological polar surface area (TPSA) is 110 Å². The molecule has 18 aromatic carbocycles. The van der Waals surface area contributed by atoms with Gasteiger partial charge in [0.2, 0.25) is 0 Å². The summed E-state index contributed by atoms with van der Waals surface area (Å²) in [6, 6.07) is 142. The van der Waals surface area contributed by atoms with Gasteiger partial charge in [-0.2, -0.15) is 0 Å². The zero-order valence-electron chi connectivity index (χ0n) is 68.2. The first kappa shape index (κ1) is 76.1. The van der Waals surface area contributed by atoms with E-state index in [1.165, 1.54) is 132 Å². The van der Waals surface area contributed by atoms with Gasteiger partial charge in [0.1, 0.15) is 5.58 Å². The monoisotopic (exact) mass is 1720 g/mol. The number of furan rings is 1. The number of para-hydroxylation sites is 6. The van der Waals surface area contributed by atoms with Crippen LogP contribution in [0.5, 0.6) is 0 Å². The Morgan fingerprint density at radius 1 is 0.192 bits per heavy atom. The van der Waals surface area contributed by atoms with Crippen molar-refractivity contribution in [3.8, 4) is 91.1 Å². The SMILES string of the molecule is C.C.c1ccc(-c2nc(-c3ccccc3)nc(-c3cccc4c3oc3c(-n5c6ccccc6c6cc(-n7c8ccccc8c8ccc9c%10ccccc%10sc9c87)ccc65)cccc34)n2)cc1.c1ccc(-c2nc(-c3ccccc3)nc(-c3cccc4c3sc3c(-n5c6ccccc6c6cc(-n7c8ccccc8c8ccc9c%10ccccc%10sc9c87)ccc65)cccc34)n2)cc1. The van der Waals surface area contributed by atoms with Gasteiger partial charge in [0, 0.05) is 139 Å². The van der Waals surface area contributed by atoms with E-state index in [-0.39, 0.29) is 14.9 Å². The van der Waals surface area contributed by atoms with Crippen molar-refractivity contribution in [1.82, 2.24) is 48.2 Å². The van der Waals surface area contributed by atoms with Gasteiger partial charge in [-0.05, 0) is 97.1 Å². The van der Waals surface area contributed by atoms with Gasteiger partial charge in [0.25, 0.3) is 0 Å². The van der Waals surface area contributed by atoms with E-state index >= 15 is 0 Å². The third-order valence-corrected chi connectivity index (χ3v) is 29.2. The molecule has 612 valence electrons. The second kappa shape index (κ2) is 30.2. The molecular weight excluding hydrogens is 1650 g/mol. The molecule has 0 aliphatic heterocycles. The number of rotatable bonds is 10. The lowest BCUT2D eigenvalue weighted by Gasteiger charge is -2.11. The van der Waals surface area contributed by atoms with Gasteiger partial charge in [0.05, 0.1) is 75.2 Å². The molecule has 0 bridgehead atoms. The van der Waals surface area contributed by atoms with Crippen LogP contribution >= 0.6 is 34.0 Å². The Kier molecular flexibility index (Phi) is 17.7. The molecule has 14 heteroatoms. The highest BCUT2D eigenvalue weighted by molar-refractivity contribution is 7.27. The number of benzene rings is 18. The average Bonchev–Trinajstić information content (AvgIpc) is 1.56. The predicted molar refractivity (Wildman–Crippen MR) is 549 cm³/mol. The molecule has 11 nitrogen and oxygen atoms in total. The minimum absolute atomic E-state index is 0. The first-order valence-electron chi connectivity index (χ1n) is 42.9. The second-order valence-electron chi connectivity index (χ2n) is 32.6. The van der Waals surface area contributed by atoms with Gasteiger partial charge in [-0.3, -0.25) is 0 Å². The first-order chi connectivity index (χ1) is 63.5. The van der Waals surface area contributed by atoms with Gasteiger partial charge in [-0.25, -0.2) is 29.9 Å². The lowest BCUT2D eigenvalue weighted by molar-refractivity contribution is 0.667.